The van der Waals surface area contributed by atoms with Crippen molar-refractivity contribution in [2.75, 3.05) is 5.32 Å². The monoisotopic (exact) mass is 420 g/mol. The van der Waals surface area contributed by atoms with Gasteiger partial charge in [0.25, 0.3) is 5.91 Å². The minimum absolute atomic E-state index is 0.149. The number of hydrogen-bond acceptors (Lipinski definition) is 5. The van der Waals surface area contributed by atoms with Crippen LogP contribution in [0, 0.1) is 6.92 Å². The molecule has 0 fully saturated rings. The fourth-order valence-electron chi connectivity index (χ4n) is 3.00. The zero-order valence-corrected chi connectivity index (χ0v) is 17.0. The molecular weight excluding hydrogens is 400 g/mol. The van der Waals surface area contributed by atoms with E-state index < -0.39 is 11.9 Å². The van der Waals surface area contributed by atoms with Crippen molar-refractivity contribution in [3.63, 3.8) is 0 Å². The van der Waals surface area contributed by atoms with Crippen LogP contribution < -0.4 is 10.6 Å². The minimum Gasteiger partial charge on any atom is -0.459 e. The number of aromatic amines is 1. The summed E-state index contributed by atoms with van der Waals surface area (Å²) in [4.78, 5) is 27.6. The standard InChI is InChI=1S/C22H20N4O3S/c1-14-9-10-19(30-14)16-13-20(26-25-16)24-21(27)17(12-15-6-3-2-4-7-15)23-22(28)18-8-5-11-29-18/h2-11,13,17H,12H2,1H3,(H,23,28)(H2,24,25,26,27). The molecule has 0 saturated heterocycles. The molecule has 30 heavy (non-hydrogen) atoms. The van der Waals surface area contributed by atoms with E-state index in [9.17, 15) is 9.59 Å². The van der Waals surface area contributed by atoms with Crippen LogP contribution in [0.3, 0.4) is 0 Å². The molecule has 8 heteroatoms. The molecule has 2 amide bonds. The van der Waals surface area contributed by atoms with Crippen LogP contribution in [0.2, 0.25) is 0 Å². The van der Waals surface area contributed by atoms with Crippen molar-refractivity contribution >= 4 is 29.0 Å². The highest BCUT2D eigenvalue weighted by molar-refractivity contribution is 7.15. The first-order chi connectivity index (χ1) is 14.6. The quantitative estimate of drug-likeness (QED) is 0.420. The van der Waals surface area contributed by atoms with E-state index in [1.807, 2.05) is 49.4 Å². The van der Waals surface area contributed by atoms with Gasteiger partial charge in [0, 0.05) is 17.4 Å². The summed E-state index contributed by atoms with van der Waals surface area (Å²) in [6, 6.07) is 17.7. The van der Waals surface area contributed by atoms with Crippen molar-refractivity contribution in [1.29, 1.82) is 0 Å². The van der Waals surface area contributed by atoms with E-state index in [2.05, 4.69) is 20.8 Å². The maximum atomic E-state index is 13.0. The van der Waals surface area contributed by atoms with E-state index in [4.69, 9.17) is 4.42 Å². The Morgan fingerprint density at radius 3 is 2.67 bits per heavy atom. The topological polar surface area (TPSA) is 100 Å². The summed E-state index contributed by atoms with van der Waals surface area (Å²) >= 11 is 1.64. The zero-order valence-electron chi connectivity index (χ0n) is 16.2. The Bertz CT molecular complexity index is 1130. The van der Waals surface area contributed by atoms with Crippen LogP contribution in [0.25, 0.3) is 10.6 Å². The maximum Gasteiger partial charge on any atom is 0.287 e. The van der Waals surface area contributed by atoms with Crippen LogP contribution in [-0.2, 0) is 11.2 Å². The average Bonchev–Trinajstić information content (AvgIpc) is 3.50. The number of nitrogens with zero attached hydrogens (tertiary/aromatic N) is 1. The molecule has 3 aromatic heterocycles. The summed E-state index contributed by atoms with van der Waals surface area (Å²) < 4.78 is 5.14. The fraction of sp³-hybridized carbons (Fsp3) is 0.136. The third-order valence-corrected chi connectivity index (χ3v) is 5.52. The molecule has 0 radical (unpaired) electrons. The highest BCUT2D eigenvalue weighted by Crippen LogP contribution is 2.27. The largest absolute Gasteiger partial charge is 0.459 e. The van der Waals surface area contributed by atoms with Crippen molar-refractivity contribution in [2.45, 2.75) is 19.4 Å². The van der Waals surface area contributed by atoms with Gasteiger partial charge >= 0.3 is 0 Å². The molecule has 3 heterocycles. The predicted molar refractivity (Wildman–Crippen MR) is 115 cm³/mol. The molecule has 0 aliphatic heterocycles. The van der Waals surface area contributed by atoms with Crippen LogP contribution >= 0.6 is 11.3 Å². The van der Waals surface area contributed by atoms with Gasteiger partial charge in [-0.2, -0.15) is 5.10 Å². The number of benzene rings is 1. The molecule has 0 aliphatic carbocycles. The molecule has 1 atom stereocenters. The zero-order chi connectivity index (χ0) is 20.9. The Kier molecular flexibility index (Phi) is 5.76. The lowest BCUT2D eigenvalue weighted by atomic mass is 10.1. The summed E-state index contributed by atoms with van der Waals surface area (Å²) in [5.74, 6) is -0.269. The van der Waals surface area contributed by atoms with E-state index in [-0.39, 0.29) is 11.7 Å². The number of hydrogen-bond donors (Lipinski definition) is 3. The third-order valence-electron chi connectivity index (χ3n) is 4.48. The number of amides is 2. The third kappa shape index (κ3) is 4.66. The first-order valence-electron chi connectivity index (χ1n) is 9.40. The van der Waals surface area contributed by atoms with Gasteiger partial charge < -0.3 is 15.1 Å². The Morgan fingerprint density at radius 2 is 1.97 bits per heavy atom. The number of aryl methyl sites for hydroxylation is 1. The molecule has 3 N–H and O–H groups in total. The minimum atomic E-state index is -0.797. The maximum absolute atomic E-state index is 13.0. The Labute approximate surface area is 177 Å². The molecule has 0 aliphatic rings. The van der Waals surface area contributed by atoms with Crippen molar-refractivity contribution in [3.8, 4) is 10.6 Å². The molecule has 1 aromatic carbocycles. The van der Waals surface area contributed by atoms with E-state index in [0.29, 0.717) is 12.2 Å². The molecule has 0 bridgehead atoms. The second kappa shape index (κ2) is 8.79. The lowest BCUT2D eigenvalue weighted by Gasteiger charge is -2.17. The normalized spacial score (nSPS) is 11.8. The van der Waals surface area contributed by atoms with Gasteiger partial charge in [-0.25, -0.2) is 0 Å². The summed E-state index contributed by atoms with van der Waals surface area (Å²) in [6.45, 7) is 2.03. The Hall–Kier alpha value is -3.65. The summed E-state index contributed by atoms with van der Waals surface area (Å²) in [6.07, 6.45) is 1.75. The number of carbonyl (C=O) groups excluding carboxylic acids is 2. The molecule has 152 valence electrons. The van der Waals surface area contributed by atoms with Gasteiger partial charge in [-0.1, -0.05) is 30.3 Å². The lowest BCUT2D eigenvalue weighted by molar-refractivity contribution is -0.118. The van der Waals surface area contributed by atoms with Crippen molar-refractivity contribution in [2.24, 2.45) is 0 Å². The highest BCUT2D eigenvalue weighted by atomic mass is 32.1. The van der Waals surface area contributed by atoms with Gasteiger partial charge in [0.15, 0.2) is 11.6 Å². The van der Waals surface area contributed by atoms with E-state index in [1.54, 1.807) is 29.5 Å². The smallest absolute Gasteiger partial charge is 0.287 e. The number of rotatable bonds is 7. The SMILES string of the molecule is Cc1ccc(-c2cc(NC(=O)C(Cc3ccccc3)NC(=O)c3ccco3)n[nH]2)s1. The molecule has 1 unspecified atom stereocenters. The number of furan rings is 1. The van der Waals surface area contributed by atoms with Crippen molar-refractivity contribution in [3.05, 3.63) is 83.1 Å². The molecule has 0 saturated carbocycles. The van der Waals surface area contributed by atoms with Crippen LogP contribution in [0.1, 0.15) is 21.0 Å². The van der Waals surface area contributed by atoms with Gasteiger partial charge in [-0.15, -0.1) is 11.3 Å². The summed E-state index contributed by atoms with van der Waals surface area (Å²) in [7, 11) is 0. The van der Waals surface area contributed by atoms with Gasteiger partial charge in [0.2, 0.25) is 5.91 Å². The van der Waals surface area contributed by atoms with E-state index >= 15 is 0 Å². The van der Waals surface area contributed by atoms with E-state index in [1.165, 1.54) is 11.1 Å². The van der Waals surface area contributed by atoms with Crippen molar-refractivity contribution < 1.29 is 14.0 Å². The Balaban J connectivity index is 1.50. The Morgan fingerprint density at radius 1 is 1.13 bits per heavy atom. The number of anilines is 1. The van der Waals surface area contributed by atoms with Crippen LogP contribution in [0.5, 0.6) is 0 Å². The van der Waals surface area contributed by atoms with Crippen LogP contribution in [0.4, 0.5) is 5.82 Å². The lowest BCUT2D eigenvalue weighted by Crippen LogP contribution is -2.45. The van der Waals surface area contributed by atoms with Crippen LogP contribution in [-0.4, -0.2) is 28.1 Å². The van der Waals surface area contributed by atoms with Gasteiger partial charge in [0.1, 0.15) is 6.04 Å². The first-order valence-corrected chi connectivity index (χ1v) is 10.2. The first kappa shape index (κ1) is 19.7. The van der Waals surface area contributed by atoms with E-state index in [0.717, 1.165) is 16.1 Å². The molecule has 4 aromatic rings. The molecule has 7 nitrogen and oxygen atoms in total. The highest BCUT2D eigenvalue weighted by Gasteiger charge is 2.24. The summed E-state index contributed by atoms with van der Waals surface area (Å²) in [5.41, 5.74) is 1.75. The second-order valence-corrected chi connectivity index (χ2v) is 8.05. The number of H-pyrrole nitrogens is 1. The average molecular weight is 420 g/mol. The molecule has 0 spiro atoms. The fourth-order valence-corrected chi connectivity index (χ4v) is 3.83. The molecular formula is C22H20N4O3S. The van der Waals surface area contributed by atoms with Gasteiger partial charge in [0.05, 0.1) is 16.8 Å². The predicted octanol–water partition coefficient (Wildman–Crippen LogP) is 4.02. The summed E-state index contributed by atoms with van der Waals surface area (Å²) in [5, 5.41) is 12.7. The van der Waals surface area contributed by atoms with Crippen LogP contribution in [0.15, 0.2) is 71.3 Å². The van der Waals surface area contributed by atoms with Gasteiger partial charge in [-0.3, -0.25) is 14.7 Å². The number of thiophene rings is 1. The van der Waals surface area contributed by atoms with Gasteiger partial charge in [-0.05, 0) is 36.8 Å². The number of aromatic nitrogens is 2. The molecule has 4 rings (SSSR count). The number of carbonyl (C=O) groups is 2. The van der Waals surface area contributed by atoms with Crippen molar-refractivity contribution in [1.82, 2.24) is 15.5 Å². The number of nitrogens with one attached hydrogen (secondary N) is 3. The second-order valence-electron chi connectivity index (χ2n) is 6.76.